The minimum atomic E-state index is 0. The highest BCUT2D eigenvalue weighted by Crippen LogP contribution is 2.09. The Balaban J connectivity index is 0.000000810. The third-order valence-electron chi connectivity index (χ3n) is 1.68. The molecule has 1 heterocycles. The van der Waals surface area contributed by atoms with E-state index in [4.69, 9.17) is 5.73 Å². The fourth-order valence-electron chi connectivity index (χ4n) is 1.05. The van der Waals surface area contributed by atoms with Gasteiger partial charge >= 0.3 is 0 Å². The van der Waals surface area contributed by atoms with Crippen LogP contribution in [0.25, 0.3) is 0 Å². The summed E-state index contributed by atoms with van der Waals surface area (Å²) in [7, 11) is 0. The molecule has 1 fully saturated rings. The van der Waals surface area contributed by atoms with Crippen LogP contribution in [0.15, 0.2) is 0 Å². The van der Waals surface area contributed by atoms with Crippen molar-refractivity contribution in [2.75, 3.05) is 13.1 Å². The zero-order valence-electron chi connectivity index (χ0n) is 5.80. The van der Waals surface area contributed by atoms with E-state index in [1.807, 2.05) is 0 Å². The summed E-state index contributed by atoms with van der Waals surface area (Å²) in [4.78, 5) is 10.7. The SMILES string of the molecule is Cl.NC[C@H]1CCNC(=O)C1. The van der Waals surface area contributed by atoms with E-state index in [1.165, 1.54) is 0 Å². The number of hydrogen-bond donors (Lipinski definition) is 2. The quantitative estimate of drug-likeness (QED) is 0.569. The van der Waals surface area contributed by atoms with Gasteiger partial charge < -0.3 is 11.1 Å². The first-order chi connectivity index (χ1) is 4.33. The van der Waals surface area contributed by atoms with Crippen molar-refractivity contribution in [1.29, 1.82) is 0 Å². The Morgan fingerprint density at radius 3 is 2.80 bits per heavy atom. The zero-order valence-corrected chi connectivity index (χ0v) is 6.62. The highest BCUT2D eigenvalue weighted by molar-refractivity contribution is 5.85. The van der Waals surface area contributed by atoms with Crippen molar-refractivity contribution in [1.82, 2.24) is 5.32 Å². The lowest BCUT2D eigenvalue weighted by molar-refractivity contribution is -0.123. The van der Waals surface area contributed by atoms with Gasteiger partial charge in [0.15, 0.2) is 0 Å². The minimum Gasteiger partial charge on any atom is -0.356 e. The van der Waals surface area contributed by atoms with Crippen molar-refractivity contribution in [3.8, 4) is 0 Å². The number of nitrogens with one attached hydrogen (secondary N) is 1. The van der Waals surface area contributed by atoms with Gasteiger partial charge in [-0.1, -0.05) is 0 Å². The van der Waals surface area contributed by atoms with E-state index in [1.54, 1.807) is 0 Å². The molecule has 1 saturated heterocycles. The maximum absolute atomic E-state index is 10.7. The average molecular weight is 165 g/mol. The fraction of sp³-hybridized carbons (Fsp3) is 0.833. The van der Waals surface area contributed by atoms with E-state index in [0.717, 1.165) is 13.0 Å². The number of amides is 1. The van der Waals surface area contributed by atoms with Gasteiger partial charge in [0.05, 0.1) is 0 Å². The van der Waals surface area contributed by atoms with Gasteiger partial charge in [-0.3, -0.25) is 4.79 Å². The van der Waals surface area contributed by atoms with Crippen LogP contribution in [-0.2, 0) is 4.79 Å². The second-order valence-corrected chi connectivity index (χ2v) is 2.44. The first-order valence-electron chi connectivity index (χ1n) is 3.29. The van der Waals surface area contributed by atoms with Gasteiger partial charge in [-0.2, -0.15) is 0 Å². The summed E-state index contributed by atoms with van der Waals surface area (Å²) >= 11 is 0. The van der Waals surface area contributed by atoms with Crippen LogP contribution in [0.1, 0.15) is 12.8 Å². The van der Waals surface area contributed by atoms with E-state index < -0.39 is 0 Å². The standard InChI is InChI=1S/C6H12N2O.ClH/c7-4-5-1-2-8-6(9)3-5;/h5H,1-4,7H2,(H,8,9);1H/t5-;/m0./s1. The normalized spacial score (nSPS) is 24.9. The van der Waals surface area contributed by atoms with Crippen molar-refractivity contribution in [3.63, 3.8) is 0 Å². The van der Waals surface area contributed by atoms with Crippen LogP contribution in [0, 0.1) is 5.92 Å². The first-order valence-corrected chi connectivity index (χ1v) is 3.29. The molecular formula is C6H13ClN2O. The van der Waals surface area contributed by atoms with E-state index in [-0.39, 0.29) is 18.3 Å². The Kier molecular flexibility index (Phi) is 4.40. The molecule has 0 aromatic heterocycles. The van der Waals surface area contributed by atoms with Gasteiger partial charge in [-0.05, 0) is 18.9 Å². The van der Waals surface area contributed by atoms with Gasteiger partial charge in [-0.15, -0.1) is 12.4 Å². The Morgan fingerprint density at radius 1 is 1.70 bits per heavy atom. The molecule has 0 radical (unpaired) electrons. The molecule has 0 aliphatic carbocycles. The van der Waals surface area contributed by atoms with Crippen LogP contribution in [0.4, 0.5) is 0 Å². The highest BCUT2D eigenvalue weighted by atomic mass is 35.5. The van der Waals surface area contributed by atoms with Gasteiger partial charge in [-0.25, -0.2) is 0 Å². The highest BCUT2D eigenvalue weighted by Gasteiger charge is 2.16. The Bertz CT molecular complexity index is 118. The lowest BCUT2D eigenvalue weighted by Gasteiger charge is -2.19. The van der Waals surface area contributed by atoms with E-state index in [2.05, 4.69) is 5.32 Å². The molecule has 1 amide bonds. The van der Waals surface area contributed by atoms with Crippen molar-refractivity contribution in [2.24, 2.45) is 11.7 Å². The molecule has 1 atom stereocenters. The third-order valence-corrected chi connectivity index (χ3v) is 1.68. The number of rotatable bonds is 1. The average Bonchev–Trinajstić information content (AvgIpc) is 1.88. The number of nitrogens with two attached hydrogens (primary N) is 1. The molecule has 4 heteroatoms. The van der Waals surface area contributed by atoms with E-state index >= 15 is 0 Å². The van der Waals surface area contributed by atoms with Crippen LogP contribution >= 0.6 is 12.4 Å². The van der Waals surface area contributed by atoms with Gasteiger partial charge in [0.1, 0.15) is 0 Å². The van der Waals surface area contributed by atoms with Crippen molar-refractivity contribution in [3.05, 3.63) is 0 Å². The molecule has 0 unspecified atom stereocenters. The summed E-state index contributed by atoms with van der Waals surface area (Å²) < 4.78 is 0. The first kappa shape index (κ1) is 9.72. The summed E-state index contributed by atoms with van der Waals surface area (Å²) in [5.41, 5.74) is 5.39. The molecule has 1 aliphatic rings. The summed E-state index contributed by atoms with van der Waals surface area (Å²) in [5, 5.41) is 2.75. The molecule has 0 spiro atoms. The third kappa shape index (κ3) is 2.54. The number of hydrogen-bond acceptors (Lipinski definition) is 2. The molecule has 3 N–H and O–H groups in total. The van der Waals surface area contributed by atoms with Gasteiger partial charge in [0.2, 0.25) is 5.91 Å². The fourth-order valence-corrected chi connectivity index (χ4v) is 1.05. The van der Waals surface area contributed by atoms with Crippen LogP contribution in [-0.4, -0.2) is 19.0 Å². The van der Waals surface area contributed by atoms with E-state index in [9.17, 15) is 4.79 Å². The van der Waals surface area contributed by atoms with Crippen molar-refractivity contribution < 1.29 is 4.79 Å². The monoisotopic (exact) mass is 164 g/mol. The predicted molar refractivity (Wildman–Crippen MR) is 42.0 cm³/mol. The molecule has 10 heavy (non-hydrogen) atoms. The molecule has 0 aromatic rings. The lowest BCUT2D eigenvalue weighted by Crippen LogP contribution is -2.36. The Morgan fingerprint density at radius 2 is 2.40 bits per heavy atom. The lowest BCUT2D eigenvalue weighted by atomic mass is 9.98. The largest absolute Gasteiger partial charge is 0.356 e. The molecular weight excluding hydrogens is 152 g/mol. The number of piperidine rings is 1. The van der Waals surface area contributed by atoms with Crippen molar-refractivity contribution in [2.45, 2.75) is 12.8 Å². The van der Waals surface area contributed by atoms with Gasteiger partial charge in [0.25, 0.3) is 0 Å². The summed E-state index contributed by atoms with van der Waals surface area (Å²) in [6, 6.07) is 0. The summed E-state index contributed by atoms with van der Waals surface area (Å²) in [6.45, 7) is 1.45. The predicted octanol–water partition coefficient (Wildman–Crippen LogP) is -0.107. The maximum Gasteiger partial charge on any atom is 0.220 e. The second-order valence-electron chi connectivity index (χ2n) is 2.44. The summed E-state index contributed by atoms with van der Waals surface area (Å²) in [6.07, 6.45) is 1.67. The minimum absolute atomic E-state index is 0. The topological polar surface area (TPSA) is 55.1 Å². The zero-order chi connectivity index (χ0) is 6.69. The van der Waals surface area contributed by atoms with Crippen molar-refractivity contribution >= 4 is 18.3 Å². The van der Waals surface area contributed by atoms with Crippen LogP contribution in [0.3, 0.4) is 0 Å². The molecule has 3 nitrogen and oxygen atoms in total. The smallest absolute Gasteiger partial charge is 0.220 e. The van der Waals surface area contributed by atoms with Crippen LogP contribution < -0.4 is 11.1 Å². The molecule has 1 rings (SSSR count). The van der Waals surface area contributed by atoms with Crippen LogP contribution in [0.5, 0.6) is 0 Å². The number of halogens is 1. The number of carbonyl (C=O) groups excluding carboxylic acids is 1. The Labute approximate surface area is 66.8 Å². The van der Waals surface area contributed by atoms with Gasteiger partial charge in [0, 0.05) is 13.0 Å². The van der Waals surface area contributed by atoms with E-state index in [0.29, 0.717) is 18.9 Å². The molecule has 60 valence electrons. The molecule has 0 aromatic carbocycles. The molecule has 0 saturated carbocycles. The molecule has 1 aliphatic heterocycles. The summed E-state index contributed by atoms with van der Waals surface area (Å²) in [5.74, 6) is 0.579. The van der Waals surface area contributed by atoms with Crippen LogP contribution in [0.2, 0.25) is 0 Å². The second kappa shape index (κ2) is 4.52. The maximum atomic E-state index is 10.7. The number of carbonyl (C=O) groups is 1. The molecule has 0 bridgehead atoms. The Hall–Kier alpha value is -0.280.